The molecule has 1 heterocycles. The summed E-state index contributed by atoms with van der Waals surface area (Å²) in [5.41, 5.74) is 1.23. The number of fused-ring (bicyclic) bond motifs is 1. The zero-order chi connectivity index (χ0) is 20.6. The summed E-state index contributed by atoms with van der Waals surface area (Å²) in [5, 5.41) is 9.47. The van der Waals surface area contributed by atoms with Crippen LogP contribution in [0.1, 0.15) is 25.3 Å². The standard InChI is InChI=1S/C23H33N5O/c1-4-24-23(25-16-19-10-7-9-18-8-5-6-11-21(18)19)26-20-12-14-28(15-13-20)17-22(29)27(2)3/h5-11,20H,4,12-17H2,1-3H3,(H2,24,25,26). The van der Waals surface area contributed by atoms with Gasteiger partial charge in [-0.2, -0.15) is 0 Å². The van der Waals surface area contributed by atoms with Gasteiger partial charge in [-0.15, -0.1) is 0 Å². The number of likely N-dealkylation sites (tertiary alicyclic amines) is 1. The van der Waals surface area contributed by atoms with Crippen molar-refractivity contribution in [2.24, 2.45) is 4.99 Å². The van der Waals surface area contributed by atoms with Gasteiger partial charge in [0.25, 0.3) is 0 Å². The van der Waals surface area contributed by atoms with Crippen molar-refractivity contribution in [1.29, 1.82) is 0 Å². The first-order chi connectivity index (χ1) is 14.1. The lowest BCUT2D eigenvalue weighted by atomic mass is 10.0. The Morgan fingerprint density at radius 2 is 1.86 bits per heavy atom. The molecule has 0 spiro atoms. The number of benzene rings is 2. The predicted molar refractivity (Wildman–Crippen MR) is 120 cm³/mol. The fraction of sp³-hybridized carbons (Fsp3) is 0.478. The first kappa shape index (κ1) is 21.1. The minimum Gasteiger partial charge on any atom is -0.357 e. The molecule has 0 bridgehead atoms. The van der Waals surface area contributed by atoms with Crippen molar-refractivity contribution >= 4 is 22.6 Å². The van der Waals surface area contributed by atoms with Crippen LogP contribution >= 0.6 is 0 Å². The smallest absolute Gasteiger partial charge is 0.236 e. The predicted octanol–water partition coefficient (Wildman–Crippen LogP) is 2.45. The highest BCUT2D eigenvalue weighted by atomic mass is 16.2. The van der Waals surface area contributed by atoms with E-state index < -0.39 is 0 Å². The largest absolute Gasteiger partial charge is 0.357 e. The van der Waals surface area contributed by atoms with E-state index in [9.17, 15) is 4.79 Å². The zero-order valence-electron chi connectivity index (χ0n) is 17.8. The lowest BCUT2D eigenvalue weighted by Gasteiger charge is -2.33. The molecule has 2 N–H and O–H groups in total. The maximum atomic E-state index is 11.9. The summed E-state index contributed by atoms with van der Waals surface area (Å²) in [5.74, 6) is 1.03. The number of hydrogen-bond donors (Lipinski definition) is 2. The van der Waals surface area contributed by atoms with Crippen molar-refractivity contribution in [2.45, 2.75) is 32.4 Å². The summed E-state index contributed by atoms with van der Waals surface area (Å²) < 4.78 is 0. The summed E-state index contributed by atoms with van der Waals surface area (Å²) in [4.78, 5) is 20.6. The second-order valence-corrected chi connectivity index (χ2v) is 7.82. The number of hydrogen-bond acceptors (Lipinski definition) is 3. The molecule has 6 nitrogen and oxygen atoms in total. The Balaban J connectivity index is 1.58. The van der Waals surface area contributed by atoms with E-state index in [-0.39, 0.29) is 5.91 Å². The fourth-order valence-corrected chi connectivity index (χ4v) is 3.68. The van der Waals surface area contributed by atoms with E-state index in [1.54, 1.807) is 4.90 Å². The molecule has 1 amide bonds. The molecule has 0 aliphatic carbocycles. The molecule has 0 saturated carbocycles. The molecule has 1 saturated heterocycles. The van der Waals surface area contributed by atoms with Crippen molar-refractivity contribution < 1.29 is 4.79 Å². The first-order valence-electron chi connectivity index (χ1n) is 10.5. The minimum absolute atomic E-state index is 0.168. The van der Waals surface area contributed by atoms with E-state index >= 15 is 0 Å². The van der Waals surface area contributed by atoms with Crippen molar-refractivity contribution in [3.05, 3.63) is 48.0 Å². The molecule has 0 unspecified atom stereocenters. The van der Waals surface area contributed by atoms with Crippen LogP contribution in [-0.2, 0) is 11.3 Å². The van der Waals surface area contributed by atoms with Crippen molar-refractivity contribution in [1.82, 2.24) is 20.4 Å². The highest BCUT2D eigenvalue weighted by Crippen LogP contribution is 2.19. The third-order valence-corrected chi connectivity index (χ3v) is 5.42. The van der Waals surface area contributed by atoms with Gasteiger partial charge in [0.15, 0.2) is 5.96 Å². The number of nitrogens with zero attached hydrogens (tertiary/aromatic N) is 3. The van der Waals surface area contributed by atoms with Crippen LogP contribution in [0, 0.1) is 0 Å². The van der Waals surface area contributed by atoms with Crippen LogP contribution in [0.3, 0.4) is 0 Å². The number of carbonyl (C=O) groups excluding carboxylic acids is 1. The Morgan fingerprint density at radius 3 is 2.59 bits per heavy atom. The van der Waals surface area contributed by atoms with Crippen molar-refractivity contribution in [3.8, 4) is 0 Å². The van der Waals surface area contributed by atoms with Gasteiger partial charge < -0.3 is 15.5 Å². The molecule has 6 heteroatoms. The lowest BCUT2D eigenvalue weighted by molar-refractivity contribution is -0.130. The normalized spacial score (nSPS) is 16.0. The Labute approximate surface area is 174 Å². The van der Waals surface area contributed by atoms with Crippen LogP contribution < -0.4 is 10.6 Å². The van der Waals surface area contributed by atoms with Gasteiger partial charge in [-0.1, -0.05) is 42.5 Å². The van der Waals surface area contributed by atoms with E-state index in [1.165, 1.54) is 16.3 Å². The molecular weight excluding hydrogens is 362 g/mol. The maximum Gasteiger partial charge on any atom is 0.236 e. The van der Waals surface area contributed by atoms with Crippen LogP contribution in [0.5, 0.6) is 0 Å². The molecule has 1 aliphatic rings. The zero-order valence-corrected chi connectivity index (χ0v) is 17.8. The molecule has 2 aromatic carbocycles. The number of aliphatic imine (C=N–C) groups is 1. The number of rotatable bonds is 6. The van der Waals surface area contributed by atoms with Crippen molar-refractivity contribution in [3.63, 3.8) is 0 Å². The van der Waals surface area contributed by atoms with Gasteiger partial charge in [-0.05, 0) is 36.1 Å². The van der Waals surface area contributed by atoms with E-state index in [0.29, 0.717) is 19.1 Å². The number of nitrogens with one attached hydrogen (secondary N) is 2. The highest BCUT2D eigenvalue weighted by Gasteiger charge is 2.22. The molecule has 0 radical (unpaired) electrons. The molecular formula is C23H33N5O. The minimum atomic E-state index is 0.168. The third kappa shape index (κ3) is 5.94. The van der Waals surface area contributed by atoms with Gasteiger partial charge in [-0.25, -0.2) is 4.99 Å². The van der Waals surface area contributed by atoms with E-state index in [0.717, 1.165) is 38.4 Å². The molecule has 1 aliphatic heterocycles. The van der Waals surface area contributed by atoms with Gasteiger partial charge in [0, 0.05) is 39.8 Å². The van der Waals surface area contributed by atoms with Gasteiger partial charge in [0.05, 0.1) is 13.1 Å². The Morgan fingerprint density at radius 1 is 1.14 bits per heavy atom. The van der Waals surface area contributed by atoms with Gasteiger partial charge in [0.1, 0.15) is 0 Å². The Kier molecular flexibility index (Phi) is 7.47. The Bertz CT molecular complexity index is 835. The summed E-state index contributed by atoms with van der Waals surface area (Å²) in [6.45, 7) is 5.93. The van der Waals surface area contributed by atoms with Gasteiger partial charge in [0.2, 0.25) is 5.91 Å². The van der Waals surface area contributed by atoms with Crippen LogP contribution in [0.15, 0.2) is 47.5 Å². The molecule has 29 heavy (non-hydrogen) atoms. The third-order valence-electron chi connectivity index (χ3n) is 5.42. The highest BCUT2D eigenvalue weighted by molar-refractivity contribution is 5.86. The number of likely N-dealkylation sites (N-methyl/N-ethyl adjacent to an activating group) is 1. The van der Waals surface area contributed by atoms with Crippen LogP contribution in [0.2, 0.25) is 0 Å². The molecule has 0 aromatic heterocycles. The summed E-state index contributed by atoms with van der Waals surface area (Å²) in [6, 6.07) is 15.2. The summed E-state index contributed by atoms with van der Waals surface area (Å²) in [6.07, 6.45) is 2.03. The van der Waals surface area contributed by atoms with Crippen LogP contribution in [0.4, 0.5) is 0 Å². The van der Waals surface area contributed by atoms with Gasteiger partial charge >= 0.3 is 0 Å². The second-order valence-electron chi connectivity index (χ2n) is 7.82. The topological polar surface area (TPSA) is 60.0 Å². The summed E-state index contributed by atoms with van der Waals surface area (Å²) >= 11 is 0. The second kappa shape index (κ2) is 10.3. The number of guanidine groups is 1. The van der Waals surface area contributed by atoms with Crippen molar-refractivity contribution in [2.75, 3.05) is 40.3 Å². The number of carbonyl (C=O) groups is 1. The number of piperidine rings is 1. The van der Waals surface area contributed by atoms with E-state index in [4.69, 9.17) is 4.99 Å². The molecule has 3 rings (SSSR count). The monoisotopic (exact) mass is 395 g/mol. The van der Waals surface area contributed by atoms with Crippen LogP contribution in [-0.4, -0.2) is 68.0 Å². The fourth-order valence-electron chi connectivity index (χ4n) is 3.68. The SMILES string of the molecule is CCNC(=NCc1cccc2ccccc12)NC1CCN(CC(=O)N(C)C)CC1. The first-order valence-corrected chi connectivity index (χ1v) is 10.5. The number of amides is 1. The quantitative estimate of drug-likeness (QED) is 0.583. The lowest BCUT2D eigenvalue weighted by Crippen LogP contribution is -2.50. The maximum absolute atomic E-state index is 11.9. The van der Waals surface area contributed by atoms with Crippen LogP contribution in [0.25, 0.3) is 10.8 Å². The molecule has 0 atom stereocenters. The molecule has 156 valence electrons. The summed E-state index contributed by atoms with van der Waals surface area (Å²) in [7, 11) is 3.62. The average molecular weight is 396 g/mol. The molecule has 2 aromatic rings. The van der Waals surface area contributed by atoms with E-state index in [2.05, 4.69) is 64.9 Å². The van der Waals surface area contributed by atoms with Gasteiger partial charge in [-0.3, -0.25) is 9.69 Å². The molecule has 1 fully saturated rings. The average Bonchev–Trinajstić information content (AvgIpc) is 2.73. The Hall–Kier alpha value is -2.60. The van der Waals surface area contributed by atoms with E-state index in [1.807, 2.05) is 14.1 Å².